The zero-order valence-electron chi connectivity index (χ0n) is 6.57. The van der Waals surface area contributed by atoms with E-state index in [-0.39, 0.29) is 11.7 Å². The molecule has 3 nitrogen and oxygen atoms in total. The molecular weight excluding hydrogens is 234 g/mol. The van der Waals surface area contributed by atoms with E-state index >= 15 is 0 Å². The highest BCUT2D eigenvalue weighted by Crippen LogP contribution is 2.25. The lowest BCUT2D eigenvalue weighted by molar-refractivity contribution is -0.113. The van der Waals surface area contributed by atoms with Gasteiger partial charge in [-0.2, -0.15) is 0 Å². The topological polar surface area (TPSA) is 49.7 Å². The van der Waals surface area contributed by atoms with Crippen molar-refractivity contribution >= 4 is 27.5 Å². The van der Waals surface area contributed by atoms with Crippen LogP contribution in [0.15, 0.2) is 39.5 Å². The minimum absolute atomic E-state index is 0.0521. The molecule has 13 heavy (non-hydrogen) atoms. The Morgan fingerprint density at radius 2 is 2.23 bits per heavy atom. The number of allylic oxidation sites excluding steroid dienone is 4. The highest BCUT2D eigenvalue weighted by molar-refractivity contribution is 9.11. The summed E-state index contributed by atoms with van der Waals surface area (Å²) in [6.45, 7) is 0. The molecule has 0 aromatic heterocycles. The Morgan fingerprint density at radius 1 is 1.46 bits per heavy atom. The third kappa shape index (κ3) is 1.49. The molecule has 1 atom stereocenters. The van der Waals surface area contributed by atoms with Crippen LogP contribution in [0.5, 0.6) is 0 Å². The number of carbonyl (C=O) groups is 1. The van der Waals surface area contributed by atoms with Crippen LogP contribution in [0.3, 0.4) is 0 Å². The second-order valence-corrected chi connectivity index (χ2v) is 3.72. The van der Waals surface area contributed by atoms with Crippen LogP contribution < -0.4 is 0 Å². The van der Waals surface area contributed by atoms with Crippen molar-refractivity contribution in [3.8, 4) is 0 Å². The number of hydrogen-bond donors (Lipinski definition) is 1. The average Bonchev–Trinajstić information content (AvgIpc) is 2.06. The minimum atomic E-state index is -0.403. The summed E-state index contributed by atoms with van der Waals surface area (Å²) in [5, 5.41) is 9.45. The van der Waals surface area contributed by atoms with Crippen molar-refractivity contribution in [2.45, 2.75) is 0 Å². The second-order valence-electron chi connectivity index (χ2n) is 2.81. The Hall–Kier alpha value is -1.16. The van der Waals surface area contributed by atoms with Gasteiger partial charge in [-0.25, -0.2) is 4.99 Å². The van der Waals surface area contributed by atoms with E-state index in [1.807, 2.05) is 0 Å². The lowest BCUT2D eigenvalue weighted by Gasteiger charge is -2.18. The fourth-order valence-electron chi connectivity index (χ4n) is 1.29. The zero-order chi connectivity index (χ0) is 9.42. The Morgan fingerprint density at radius 3 is 3.00 bits per heavy atom. The van der Waals surface area contributed by atoms with Crippen molar-refractivity contribution in [1.29, 1.82) is 0 Å². The van der Waals surface area contributed by atoms with Gasteiger partial charge >= 0.3 is 0 Å². The second kappa shape index (κ2) is 2.96. The maximum atomic E-state index is 10.9. The van der Waals surface area contributed by atoms with Gasteiger partial charge in [0.1, 0.15) is 5.76 Å². The van der Waals surface area contributed by atoms with Crippen LogP contribution in [0.2, 0.25) is 0 Å². The number of halogens is 1. The molecule has 66 valence electrons. The van der Waals surface area contributed by atoms with Crippen molar-refractivity contribution in [3.05, 3.63) is 34.5 Å². The van der Waals surface area contributed by atoms with E-state index < -0.39 is 5.91 Å². The van der Waals surface area contributed by atoms with E-state index in [4.69, 9.17) is 0 Å². The number of rotatable bonds is 0. The first-order valence-corrected chi connectivity index (χ1v) is 4.54. The zero-order valence-corrected chi connectivity index (χ0v) is 8.15. The van der Waals surface area contributed by atoms with Crippen LogP contribution in [-0.2, 0) is 4.79 Å². The SMILES string of the molecule is O=C1C=C(O)C2C=C(Br)C=CC2=N1. The largest absolute Gasteiger partial charge is 0.511 e. The molecule has 0 saturated heterocycles. The lowest BCUT2D eigenvalue weighted by atomic mass is 9.94. The number of dihydropyridines is 1. The van der Waals surface area contributed by atoms with Crippen LogP contribution in [0.25, 0.3) is 0 Å². The molecule has 1 aliphatic heterocycles. The molecule has 2 rings (SSSR count). The molecule has 1 amide bonds. The number of aliphatic hydroxyl groups is 1. The first-order chi connectivity index (χ1) is 6.16. The van der Waals surface area contributed by atoms with Gasteiger partial charge in [0.05, 0.1) is 11.6 Å². The van der Waals surface area contributed by atoms with Crippen LogP contribution in [0.4, 0.5) is 0 Å². The van der Waals surface area contributed by atoms with E-state index in [1.165, 1.54) is 0 Å². The Balaban J connectivity index is 2.44. The molecule has 1 unspecified atom stereocenters. The van der Waals surface area contributed by atoms with Crippen molar-refractivity contribution < 1.29 is 9.90 Å². The lowest BCUT2D eigenvalue weighted by Crippen LogP contribution is -2.21. The summed E-state index contributed by atoms with van der Waals surface area (Å²) in [5.41, 5.74) is 0.591. The van der Waals surface area contributed by atoms with Gasteiger partial charge in [-0.1, -0.05) is 22.0 Å². The van der Waals surface area contributed by atoms with Crippen molar-refractivity contribution in [2.75, 3.05) is 0 Å². The van der Waals surface area contributed by atoms with E-state index in [0.717, 1.165) is 10.6 Å². The van der Waals surface area contributed by atoms with Gasteiger partial charge in [0.25, 0.3) is 5.91 Å². The summed E-state index contributed by atoms with van der Waals surface area (Å²) >= 11 is 3.29. The Bertz CT molecular complexity index is 390. The molecule has 0 bridgehead atoms. The summed E-state index contributed by atoms with van der Waals surface area (Å²) in [6.07, 6.45) is 6.46. The monoisotopic (exact) mass is 239 g/mol. The highest BCUT2D eigenvalue weighted by atomic mass is 79.9. The number of nitrogens with zero attached hydrogens (tertiary/aromatic N) is 1. The third-order valence-corrected chi connectivity index (χ3v) is 2.42. The molecule has 0 saturated carbocycles. The number of fused-ring (bicyclic) bond motifs is 1. The van der Waals surface area contributed by atoms with Crippen LogP contribution in [0, 0.1) is 5.92 Å². The van der Waals surface area contributed by atoms with Gasteiger partial charge < -0.3 is 5.11 Å². The maximum Gasteiger partial charge on any atom is 0.273 e. The molecule has 1 aliphatic carbocycles. The molecule has 4 heteroatoms. The van der Waals surface area contributed by atoms with E-state index in [2.05, 4.69) is 20.9 Å². The molecule has 2 aliphatic rings. The number of aliphatic imine (C=N–C) groups is 1. The van der Waals surface area contributed by atoms with Crippen LogP contribution in [-0.4, -0.2) is 16.7 Å². The molecule has 0 aromatic carbocycles. The summed E-state index contributed by atoms with van der Waals surface area (Å²) < 4.78 is 0.880. The van der Waals surface area contributed by atoms with Gasteiger partial charge in [-0.3, -0.25) is 4.79 Å². The van der Waals surface area contributed by atoms with Gasteiger partial charge in [-0.05, 0) is 12.2 Å². The van der Waals surface area contributed by atoms with E-state index in [1.54, 1.807) is 18.2 Å². The number of aliphatic hydroxyl groups excluding tert-OH is 1. The van der Waals surface area contributed by atoms with E-state index in [9.17, 15) is 9.90 Å². The van der Waals surface area contributed by atoms with E-state index in [0.29, 0.717) is 5.71 Å². The molecule has 1 N–H and O–H groups in total. The van der Waals surface area contributed by atoms with Crippen molar-refractivity contribution in [3.63, 3.8) is 0 Å². The molecule has 0 fully saturated rings. The Kier molecular flexibility index (Phi) is 1.92. The normalized spacial score (nSPS) is 26.1. The molecule has 0 radical (unpaired) electrons. The van der Waals surface area contributed by atoms with Crippen molar-refractivity contribution in [2.24, 2.45) is 10.9 Å². The van der Waals surface area contributed by atoms with Gasteiger partial charge in [0, 0.05) is 10.6 Å². The molecule has 0 aromatic rings. The average molecular weight is 240 g/mol. The number of amides is 1. The minimum Gasteiger partial charge on any atom is -0.511 e. The van der Waals surface area contributed by atoms with Crippen LogP contribution in [0.1, 0.15) is 0 Å². The first kappa shape index (κ1) is 8.44. The summed E-state index contributed by atoms with van der Waals surface area (Å²) in [6, 6.07) is 0. The summed E-state index contributed by atoms with van der Waals surface area (Å²) in [4.78, 5) is 14.7. The smallest absolute Gasteiger partial charge is 0.273 e. The van der Waals surface area contributed by atoms with Crippen molar-refractivity contribution in [1.82, 2.24) is 0 Å². The molecule has 0 spiro atoms. The van der Waals surface area contributed by atoms with Gasteiger partial charge in [0.15, 0.2) is 0 Å². The van der Waals surface area contributed by atoms with Crippen LogP contribution >= 0.6 is 15.9 Å². The quantitative estimate of drug-likeness (QED) is 0.702. The van der Waals surface area contributed by atoms with Gasteiger partial charge in [0.2, 0.25) is 0 Å². The third-order valence-electron chi connectivity index (χ3n) is 1.89. The fraction of sp³-hybridized carbons (Fsp3) is 0.111. The standard InChI is InChI=1S/C9H6BrNO2/c10-5-1-2-7-6(3-5)8(12)4-9(13)11-7/h1-4,6,12H. The summed E-state index contributed by atoms with van der Waals surface area (Å²) in [7, 11) is 0. The van der Waals surface area contributed by atoms with Gasteiger partial charge in [-0.15, -0.1) is 0 Å². The Labute approximate surface area is 83.3 Å². The number of hydrogen-bond acceptors (Lipinski definition) is 2. The highest BCUT2D eigenvalue weighted by Gasteiger charge is 2.24. The molecule has 1 heterocycles. The molecular formula is C9H6BrNO2. The fourth-order valence-corrected chi connectivity index (χ4v) is 1.68. The predicted molar refractivity (Wildman–Crippen MR) is 52.8 cm³/mol. The number of carbonyl (C=O) groups excluding carboxylic acids is 1. The summed E-state index contributed by atoms with van der Waals surface area (Å²) in [5.74, 6) is -0.617. The predicted octanol–water partition coefficient (Wildman–Crippen LogP) is 1.87. The first-order valence-electron chi connectivity index (χ1n) is 3.75. The maximum absolute atomic E-state index is 10.9.